The minimum atomic E-state index is -0.129. The number of benzene rings is 1. The SMILES string of the molecule is CCCC(=O)N=c1sc2c(Cl)ccc(OC)c2n1CCOC. The number of ether oxygens (including phenoxy) is 2. The molecule has 0 radical (unpaired) electrons. The number of carbonyl (C=O) groups is 1. The van der Waals surface area contributed by atoms with E-state index in [0.29, 0.717) is 35.1 Å². The molecule has 0 aliphatic rings. The first kappa shape index (κ1) is 17.0. The lowest BCUT2D eigenvalue weighted by molar-refractivity contribution is -0.118. The van der Waals surface area contributed by atoms with Crippen molar-refractivity contribution in [3.8, 4) is 5.75 Å². The van der Waals surface area contributed by atoms with E-state index in [4.69, 9.17) is 21.1 Å². The number of hydrogen-bond donors (Lipinski definition) is 0. The lowest BCUT2D eigenvalue weighted by Crippen LogP contribution is -2.19. The van der Waals surface area contributed by atoms with Crippen LogP contribution in [0.5, 0.6) is 5.75 Å². The van der Waals surface area contributed by atoms with E-state index >= 15 is 0 Å². The highest BCUT2D eigenvalue weighted by atomic mass is 35.5. The molecule has 1 aromatic heterocycles. The van der Waals surface area contributed by atoms with Crippen LogP contribution in [-0.2, 0) is 16.1 Å². The van der Waals surface area contributed by atoms with Crippen LogP contribution in [0.25, 0.3) is 10.2 Å². The van der Waals surface area contributed by atoms with Crippen molar-refractivity contribution in [1.82, 2.24) is 4.57 Å². The van der Waals surface area contributed by atoms with Crippen molar-refractivity contribution in [3.63, 3.8) is 0 Å². The standard InChI is InChI=1S/C15H19ClN2O3S/c1-4-5-12(19)17-15-18(8-9-20-2)13-11(21-3)7-6-10(16)14(13)22-15/h6-7H,4-5,8-9H2,1-3H3. The summed E-state index contributed by atoms with van der Waals surface area (Å²) < 4.78 is 13.4. The van der Waals surface area contributed by atoms with Crippen molar-refractivity contribution in [3.05, 3.63) is 22.0 Å². The molecule has 0 bridgehead atoms. The molecule has 22 heavy (non-hydrogen) atoms. The van der Waals surface area contributed by atoms with Crippen molar-refractivity contribution < 1.29 is 14.3 Å². The van der Waals surface area contributed by atoms with Crippen molar-refractivity contribution in [2.75, 3.05) is 20.8 Å². The van der Waals surface area contributed by atoms with Crippen LogP contribution in [0, 0.1) is 0 Å². The van der Waals surface area contributed by atoms with E-state index in [0.717, 1.165) is 16.6 Å². The molecule has 0 aliphatic heterocycles. The fourth-order valence-electron chi connectivity index (χ4n) is 2.14. The van der Waals surface area contributed by atoms with Crippen molar-refractivity contribution in [2.24, 2.45) is 4.99 Å². The average molecular weight is 343 g/mol. The Hall–Kier alpha value is -1.37. The van der Waals surface area contributed by atoms with Gasteiger partial charge in [0.25, 0.3) is 0 Å². The molecule has 1 amide bonds. The number of amides is 1. The molecular formula is C15H19ClN2O3S. The van der Waals surface area contributed by atoms with Crippen LogP contribution in [0.15, 0.2) is 17.1 Å². The maximum Gasteiger partial charge on any atom is 0.248 e. The number of rotatable bonds is 6. The molecule has 5 nitrogen and oxygen atoms in total. The second-order valence-electron chi connectivity index (χ2n) is 4.71. The third-order valence-corrected chi connectivity index (χ3v) is 4.70. The molecule has 1 heterocycles. The molecule has 120 valence electrons. The van der Waals surface area contributed by atoms with E-state index in [-0.39, 0.29) is 5.91 Å². The van der Waals surface area contributed by atoms with Gasteiger partial charge in [0.15, 0.2) is 4.80 Å². The third kappa shape index (κ3) is 3.51. The second kappa shape index (κ2) is 7.76. The summed E-state index contributed by atoms with van der Waals surface area (Å²) in [5.74, 6) is 0.575. The van der Waals surface area contributed by atoms with E-state index in [2.05, 4.69) is 4.99 Å². The van der Waals surface area contributed by atoms with Gasteiger partial charge in [0.05, 0.1) is 23.4 Å². The number of aromatic nitrogens is 1. The predicted molar refractivity (Wildman–Crippen MR) is 88.7 cm³/mol. The predicted octanol–water partition coefficient (Wildman–Crippen LogP) is 3.24. The van der Waals surface area contributed by atoms with Crippen molar-refractivity contribution in [1.29, 1.82) is 0 Å². The van der Waals surface area contributed by atoms with Crippen LogP contribution in [0.3, 0.4) is 0 Å². The molecule has 0 fully saturated rings. The summed E-state index contributed by atoms with van der Waals surface area (Å²) in [5, 5.41) is 0.622. The summed E-state index contributed by atoms with van der Waals surface area (Å²) >= 11 is 7.68. The number of carbonyl (C=O) groups excluding carboxylic acids is 1. The summed E-state index contributed by atoms with van der Waals surface area (Å²) in [6.07, 6.45) is 1.21. The zero-order valence-electron chi connectivity index (χ0n) is 12.9. The largest absolute Gasteiger partial charge is 0.495 e. The molecule has 2 aromatic rings. The van der Waals surface area contributed by atoms with Gasteiger partial charge in [-0.15, -0.1) is 0 Å². The summed E-state index contributed by atoms with van der Waals surface area (Å²) in [4.78, 5) is 16.7. The Morgan fingerprint density at radius 3 is 2.82 bits per heavy atom. The van der Waals surface area contributed by atoms with Crippen LogP contribution >= 0.6 is 22.9 Å². The van der Waals surface area contributed by atoms with Gasteiger partial charge in [-0.05, 0) is 18.6 Å². The van der Waals surface area contributed by atoms with Crippen LogP contribution in [0.4, 0.5) is 0 Å². The Labute approximate surface area is 138 Å². The first-order valence-electron chi connectivity index (χ1n) is 7.04. The zero-order valence-corrected chi connectivity index (χ0v) is 14.5. The number of halogens is 1. The van der Waals surface area contributed by atoms with Gasteiger partial charge in [-0.2, -0.15) is 4.99 Å². The molecule has 0 saturated heterocycles. The van der Waals surface area contributed by atoms with E-state index < -0.39 is 0 Å². The highest BCUT2D eigenvalue weighted by Gasteiger charge is 2.15. The van der Waals surface area contributed by atoms with E-state index in [1.165, 1.54) is 11.3 Å². The molecule has 0 N–H and O–H groups in total. The maximum absolute atomic E-state index is 11.9. The Morgan fingerprint density at radius 2 is 2.18 bits per heavy atom. The van der Waals surface area contributed by atoms with Gasteiger partial charge in [0, 0.05) is 20.1 Å². The highest BCUT2D eigenvalue weighted by molar-refractivity contribution is 7.17. The Balaban J connectivity index is 2.69. The fourth-order valence-corrected chi connectivity index (χ4v) is 3.50. The molecule has 2 rings (SSSR count). The van der Waals surface area contributed by atoms with Gasteiger partial charge in [-0.3, -0.25) is 4.79 Å². The normalized spacial score (nSPS) is 12.1. The van der Waals surface area contributed by atoms with Gasteiger partial charge in [0.2, 0.25) is 5.91 Å². The topological polar surface area (TPSA) is 52.8 Å². The molecule has 0 saturated carbocycles. The second-order valence-corrected chi connectivity index (χ2v) is 6.10. The number of nitrogens with zero attached hydrogens (tertiary/aromatic N) is 2. The van der Waals surface area contributed by atoms with Gasteiger partial charge >= 0.3 is 0 Å². The lowest BCUT2D eigenvalue weighted by atomic mass is 10.3. The van der Waals surface area contributed by atoms with Crippen LogP contribution in [-0.4, -0.2) is 31.3 Å². The molecule has 7 heteroatoms. The zero-order chi connectivity index (χ0) is 16.1. The van der Waals surface area contributed by atoms with Crippen LogP contribution < -0.4 is 9.54 Å². The lowest BCUT2D eigenvalue weighted by Gasteiger charge is -2.08. The first-order chi connectivity index (χ1) is 10.6. The monoisotopic (exact) mass is 342 g/mol. The van der Waals surface area contributed by atoms with Gasteiger partial charge in [-0.25, -0.2) is 0 Å². The smallest absolute Gasteiger partial charge is 0.248 e. The number of methoxy groups -OCH3 is 2. The minimum Gasteiger partial charge on any atom is -0.495 e. The minimum absolute atomic E-state index is 0.129. The summed E-state index contributed by atoms with van der Waals surface area (Å²) in [6, 6.07) is 3.61. The van der Waals surface area contributed by atoms with Crippen molar-refractivity contribution in [2.45, 2.75) is 26.3 Å². The highest BCUT2D eigenvalue weighted by Crippen LogP contribution is 2.33. The molecule has 0 aliphatic carbocycles. The van der Waals surface area contributed by atoms with Crippen LogP contribution in [0.1, 0.15) is 19.8 Å². The van der Waals surface area contributed by atoms with Crippen LogP contribution in [0.2, 0.25) is 5.02 Å². The van der Waals surface area contributed by atoms with E-state index in [9.17, 15) is 4.79 Å². The first-order valence-corrected chi connectivity index (χ1v) is 8.24. The summed E-state index contributed by atoms with van der Waals surface area (Å²) in [7, 11) is 3.25. The molecular weight excluding hydrogens is 324 g/mol. The van der Waals surface area contributed by atoms with Gasteiger partial charge in [-0.1, -0.05) is 29.9 Å². The number of thiazole rings is 1. The van der Waals surface area contributed by atoms with Gasteiger partial charge in [0.1, 0.15) is 11.3 Å². The van der Waals surface area contributed by atoms with E-state index in [1.807, 2.05) is 17.6 Å². The molecule has 0 atom stereocenters. The maximum atomic E-state index is 11.9. The Morgan fingerprint density at radius 1 is 1.41 bits per heavy atom. The number of fused-ring (bicyclic) bond motifs is 1. The molecule has 1 aromatic carbocycles. The third-order valence-electron chi connectivity index (χ3n) is 3.16. The van der Waals surface area contributed by atoms with Crippen molar-refractivity contribution >= 4 is 39.1 Å². The van der Waals surface area contributed by atoms with E-state index in [1.54, 1.807) is 20.3 Å². The summed E-state index contributed by atoms with van der Waals surface area (Å²) in [5.41, 5.74) is 0.847. The average Bonchev–Trinajstić information content (AvgIpc) is 2.85. The molecule has 0 spiro atoms. The number of hydrogen-bond acceptors (Lipinski definition) is 4. The molecule has 0 unspecified atom stereocenters. The quantitative estimate of drug-likeness (QED) is 0.809. The van der Waals surface area contributed by atoms with Gasteiger partial charge < -0.3 is 14.0 Å². The fraction of sp³-hybridized carbons (Fsp3) is 0.467. The Kier molecular flexibility index (Phi) is 5.99. The summed E-state index contributed by atoms with van der Waals surface area (Å²) in [6.45, 7) is 3.04. The Bertz CT molecular complexity index is 736.